The predicted molar refractivity (Wildman–Crippen MR) is 107 cm³/mol. The van der Waals surface area contributed by atoms with E-state index in [1.54, 1.807) is 43.3 Å². The second kappa shape index (κ2) is 8.35. The van der Waals surface area contributed by atoms with Crippen LogP contribution in [0.1, 0.15) is 30.0 Å². The van der Waals surface area contributed by atoms with Crippen molar-refractivity contribution in [2.75, 3.05) is 11.9 Å². The Hall–Kier alpha value is -2.99. The summed E-state index contributed by atoms with van der Waals surface area (Å²) in [5, 5.41) is 3.79. The van der Waals surface area contributed by atoms with Crippen LogP contribution in [0.3, 0.4) is 0 Å². The van der Waals surface area contributed by atoms with Crippen molar-refractivity contribution < 1.29 is 23.5 Å². The van der Waals surface area contributed by atoms with Crippen molar-refractivity contribution in [3.63, 3.8) is 0 Å². The second-order valence-electron chi connectivity index (χ2n) is 6.16. The maximum absolute atomic E-state index is 12.5. The molecule has 7 heteroatoms. The highest BCUT2D eigenvalue weighted by Gasteiger charge is 2.24. The lowest BCUT2D eigenvalue weighted by Gasteiger charge is -2.13. The number of nitrogens with one attached hydrogen (secondary N) is 1. The van der Waals surface area contributed by atoms with Crippen LogP contribution in [0.15, 0.2) is 46.9 Å². The Bertz CT molecular complexity index is 1030. The number of anilines is 1. The molecule has 0 saturated carbocycles. The van der Waals surface area contributed by atoms with Crippen LogP contribution in [-0.4, -0.2) is 24.6 Å². The Morgan fingerprint density at radius 3 is 2.68 bits per heavy atom. The lowest BCUT2D eigenvalue weighted by atomic mass is 10.1. The zero-order valence-corrected chi connectivity index (χ0v) is 16.5. The van der Waals surface area contributed by atoms with Crippen molar-refractivity contribution in [3.8, 4) is 5.75 Å². The first kappa shape index (κ1) is 19.8. The minimum absolute atomic E-state index is 0.0565. The Morgan fingerprint density at radius 2 is 1.96 bits per heavy atom. The Labute approximate surface area is 167 Å². The van der Waals surface area contributed by atoms with Gasteiger partial charge < -0.3 is 19.2 Å². The molecule has 3 aromatic rings. The molecule has 1 atom stereocenters. The number of amides is 1. The molecule has 6 nitrogen and oxygen atoms in total. The molecule has 0 radical (unpaired) electrons. The smallest absolute Gasteiger partial charge is 0.375 e. The number of aryl methyl sites for hydroxylation is 1. The number of hydrogen-bond acceptors (Lipinski definition) is 5. The molecule has 1 amide bonds. The zero-order chi connectivity index (χ0) is 20.3. The van der Waals surface area contributed by atoms with Crippen LogP contribution in [0.4, 0.5) is 5.69 Å². The first-order chi connectivity index (χ1) is 13.4. The molecule has 3 rings (SSSR count). The summed E-state index contributed by atoms with van der Waals surface area (Å²) in [5.41, 5.74) is 1.61. The van der Waals surface area contributed by atoms with Gasteiger partial charge in [-0.2, -0.15) is 0 Å². The van der Waals surface area contributed by atoms with Crippen LogP contribution in [0.2, 0.25) is 5.02 Å². The molecule has 0 unspecified atom stereocenters. The van der Waals surface area contributed by atoms with E-state index in [1.165, 1.54) is 6.92 Å². The van der Waals surface area contributed by atoms with Gasteiger partial charge in [-0.05, 0) is 51.1 Å². The summed E-state index contributed by atoms with van der Waals surface area (Å²) >= 11 is 6.03. The predicted octanol–water partition coefficient (Wildman–Crippen LogP) is 4.98. The number of hydrogen-bond donors (Lipinski definition) is 1. The van der Waals surface area contributed by atoms with E-state index < -0.39 is 18.0 Å². The molecule has 0 aliphatic heterocycles. The lowest BCUT2D eigenvalue weighted by Crippen LogP contribution is -2.30. The van der Waals surface area contributed by atoms with Gasteiger partial charge in [-0.15, -0.1) is 0 Å². The van der Waals surface area contributed by atoms with Crippen molar-refractivity contribution in [3.05, 3.63) is 58.8 Å². The quantitative estimate of drug-likeness (QED) is 0.589. The van der Waals surface area contributed by atoms with Crippen LogP contribution < -0.4 is 10.1 Å². The molecule has 0 aliphatic carbocycles. The van der Waals surface area contributed by atoms with E-state index in [2.05, 4.69) is 5.32 Å². The number of esters is 1. The van der Waals surface area contributed by atoms with Gasteiger partial charge in [-0.25, -0.2) is 4.79 Å². The van der Waals surface area contributed by atoms with Gasteiger partial charge in [0.1, 0.15) is 11.3 Å². The Kier molecular flexibility index (Phi) is 5.90. The van der Waals surface area contributed by atoms with Crippen molar-refractivity contribution in [2.45, 2.75) is 26.9 Å². The number of carbonyl (C=O) groups excluding carboxylic acids is 2. The molecule has 1 N–H and O–H groups in total. The molecular weight excluding hydrogens is 382 g/mol. The van der Waals surface area contributed by atoms with Crippen LogP contribution in [-0.2, 0) is 9.53 Å². The third-order valence-electron chi connectivity index (χ3n) is 4.19. The summed E-state index contributed by atoms with van der Waals surface area (Å²) in [4.78, 5) is 24.8. The fourth-order valence-corrected chi connectivity index (χ4v) is 2.90. The van der Waals surface area contributed by atoms with E-state index in [0.717, 1.165) is 5.39 Å². The maximum atomic E-state index is 12.5. The number of ether oxygens (including phenoxy) is 2. The highest BCUT2D eigenvalue weighted by atomic mass is 35.5. The van der Waals surface area contributed by atoms with Gasteiger partial charge in [-0.1, -0.05) is 23.7 Å². The molecule has 1 aromatic heterocycles. The van der Waals surface area contributed by atoms with Crippen molar-refractivity contribution >= 4 is 40.1 Å². The molecule has 0 saturated heterocycles. The average molecular weight is 402 g/mol. The monoisotopic (exact) mass is 401 g/mol. The largest absolute Gasteiger partial charge is 0.494 e. The number of halogens is 1. The molecule has 2 aromatic carbocycles. The van der Waals surface area contributed by atoms with Crippen LogP contribution >= 0.6 is 11.6 Å². The molecule has 0 fully saturated rings. The van der Waals surface area contributed by atoms with E-state index in [4.69, 9.17) is 25.5 Å². The van der Waals surface area contributed by atoms with Gasteiger partial charge in [0, 0.05) is 10.9 Å². The van der Waals surface area contributed by atoms with E-state index in [0.29, 0.717) is 34.2 Å². The number of fused-ring (bicyclic) bond motifs is 1. The van der Waals surface area contributed by atoms with Crippen molar-refractivity contribution in [1.82, 2.24) is 0 Å². The third kappa shape index (κ3) is 4.12. The minimum atomic E-state index is -1.03. The molecule has 1 heterocycles. The van der Waals surface area contributed by atoms with Gasteiger partial charge >= 0.3 is 5.97 Å². The van der Waals surface area contributed by atoms with Gasteiger partial charge in [0.25, 0.3) is 5.91 Å². The maximum Gasteiger partial charge on any atom is 0.375 e. The molecule has 0 bridgehead atoms. The summed E-state index contributed by atoms with van der Waals surface area (Å²) in [7, 11) is 0. The Morgan fingerprint density at radius 1 is 1.21 bits per heavy atom. The molecular formula is C21H20ClNO5. The lowest BCUT2D eigenvalue weighted by molar-refractivity contribution is -0.123. The number of carbonyl (C=O) groups is 2. The van der Waals surface area contributed by atoms with Gasteiger partial charge in [0.2, 0.25) is 5.76 Å². The molecule has 0 spiro atoms. The number of rotatable bonds is 6. The number of para-hydroxylation sites is 1. The third-order valence-corrected chi connectivity index (χ3v) is 4.52. The fraction of sp³-hybridized carbons (Fsp3) is 0.238. The fourth-order valence-electron chi connectivity index (χ4n) is 2.72. The first-order valence-corrected chi connectivity index (χ1v) is 9.20. The normalized spacial score (nSPS) is 11.9. The van der Waals surface area contributed by atoms with Crippen LogP contribution in [0.5, 0.6) is 5.75 Å². The van der Waals surface area contributed by atoms with E-state index in [9.17, 15) is 9.59 Å². The molecule has 0 aliphatic rings. The van der Waals surface area contributed by atoms with E-state index in [-0.39, 0.29) is 5.76 Å². The SMILES string of the molecule is CCOc1ccc2oc(C(=O)O[C@H](C)C(=O)Nc3ccccc3Cl)c(C)c2c1. The van der Waals surface area contributed by atoms with Crippen molar-refractivity contribution in [1.29, 1.82) is 0 Å². The van der Waals surface area contributed by atoms with Gasteiger partial charge in [-0.3, -0.25) is 4.79 Å². The van der Waals surface area contributed by atoms with Gasteiger partial charge in [0.05, 0.1) is 17.3 Å². The minimum Gasteiger partial charge on any atom is -0.494 e. The molecule has 28 heavy (non-hydrogen) atoms. The first-order valence-electron chi connectivity index (χ1n) is 8.83. The second-order valence-corrected chi connectivity index (χ2v) is 6.57. The summed E-state index contributed by atoms with van der Waals surface area (Å²) in [5.74, 6) is -0.463. The zero-order valence-electron chi connectivity index (χ0n) is 15.7. The Balaban J connectivity index is 1.74. The highest BCUT2D eigenvalue weighted by molar-refractivity contribution is 6.33. The standard InChI is InChI=1S/C21H20ClNO5/c1-4-26-14-9-10-18-15(11-14)12(2)19(28-18)21(25)27-13(3)20(24)23-17-8-6-5-7-16(17)22/h5-11,13H,4H2,1-3H3,(H,23,24)/t13-/m1/s1. The highest BCUT2D eigenvalue weighted by Crippen LogP contribution is 2.29. The van der Waals surface area contributed by atoms with E-state index in [1.807, 2.05) is 13.0 Å². The van der Waals surface area contributed by atoms with Crippen LogP contribution in [0, 0.1) is 6.92 Å². The van der Waals surface area contributed by atoms with Crippen LogP contribution in [0.25, 0.3) is 11.0 Å². The number of benzene rings is 2. The summed E-state index contributed by atoms with van der Waals surface area (Å²) in [6.07, 6.45) is -1.03. The average Bonchev–Trinajstić information content (AvgIpc) is 3.00. The topological polar surface area (TPSA) is 77.8 Å². The summed E-state index contributed by atoms with van der Waals surface area (Å²) in [6.45, 7) is 5.67. The summed E-state index contributed by atoms with van der Waals surface area (Å²) in [6, 6.07) is 12.1. The molecule has 146 valence electrons. The summed E-state index contributed by atoms with van der Waals surface area (Å²) < 4.78 is 16.4. The van der Waals surface area contributed by atoms with Gasteiger partial charge in [0.15, 0.2) is 6.10 Å². The van der Waals surface area contributed by atoms with Crippen molar-refractivity contribution in [2.24, 2.45) is 0 Å². The van der Waals surface area contributed by atoms with E-state index >= 15 is 0 Å². The number of furan rings is 1.